The van der Waals surface area contributed by atoms with E-state index in [1.54, 1.807) is 6.07 Å². The lowest BCUT2D eigenvalue weighted by Gasteiger charge is -2.27. The summed E-state index contributed by atoms with van der Waals surface area (Å²) in [5, 5.41) is 70.9. The Morgan fingerprint density at radius 2 is 0.909 bits per heavy atom. The first kappa shape index (κ1) is 30.0. The number of nitrogens with zero attached hydrogens (tertiary/aromatic N) is 7. The van der Waals surface area contributed by atoms with E-state index >= 15 is 0 Å². The number of rotatable bonds is 11. The lowest BCUT2D eigenvalue weighted by Crippen LogP contribution is -2.16. The van der Waals surface area contributed by atoms with Gasteiger partial charge in [0.05, 0.1) is 59.5 Å². The number of para-hydroxylation sites is 2. The Hall–Kier alpha value is -6.92. The monoisotopic (exact) mass is 605 g/mol. The maximum absolute atomic E-state index is 12.2. The van der Waals surface area contributed by atoms with Gasteiger partial charge in [-0.2, -0.15) is 0 Å². The predicted octanol–water partition coefficient (Wildman–Crippen LogP) is 6.20. The molecule has 0 atom stereocenters. The maximum atomic E-state index is 12.2. The Labute approximate surface area is 243 Å². The standard InChI is InChI=1S/C25H15N7O12/c33-27(34)17-11-21(29(37)38)19(22(12-17)30(39)40)10-15-6-4-5-9-20(15)26(16-7-2-1-3-8-16)25-23(31(41)42)13-18(28(35)36)14-24(25)32(43)44/h1-9,11-14H,10H2. The van der Waals surface area contributed by atoms with Crippen LogP contribution in [0.4, 0.5) is 51.2 Å². The van der Waals surface area contributed by atoms with Crippen molar-refractivity contribution in [3.05, 3.63) is 151 Å². The van der Waals surface area contributed by atoms with Gasteiger partial charge in [0, 0.05) is 12.1 Å². The summed E-state index contributed by atoms with van der Waals surface area (Å²) in [6, 6.07) is 15.0. The number of nitro benzene ring substituents is 6. The van der Waals surface area contributed by atoms with E-state index in [0.29, 0.717) is 24.3 Å². The lowest BCUT2D eigenvalue weighted by molar-refractivity contribution is -0.404. The van der Waals surface area contributed by atoms with Crippen molar-refractivity contribution >= 4 is 51.2 Å². The van der Waals surface area contributed by atoms with Crippen LogP contribution in [0.3, 0.4) is 0 Å². The molecule has 0 spiro atoms. The molecule has 0 aromatic heterocycles. The molecule has 0 aliphatic heterocycles. The van der Waals surface area contributed by atoms with E-state index in [-0.39, 0.29) is 16.9 Å². The summed E-state index contributed by atoms with van der Waals surface area (Å²) in [5.74, 6) is 0. The van der Waals surface area contributed by atoms with E-state index in [9.17, 15) is 60.7 Å². The molecule has 19 heteroatoms. The van der Waals surface area contributed by atoms with E-state index in [1.165, 1.54) is 48.5 Å². The minimum Gasteiger partial charge on any atom is -0.299 e. The molecular weight excluding hydrogens is 590 g/mol. The molecule has 4 aromatic carbocycles. The molecule has 0 aliphatic rings. The zero-order chi connectivity index (χ0) is 32.3. The van der Waals surface area contributed by atoms with E-state index in [1.807, 2.05) is 0 Å². The summed E-state index contributed by atoms with van der Waals surface area (Å²) in [6.07, 6.45) is -0.640. The normalized spacial score (nSPS) is 10.5. The summed E-state index contributed by atoms with van der Waals surface area (Å²) in [6.45, 7) is 0. The van der Waals surface area contributed by atoms with E-state index in [4.69, 9.17) is 0 Å². The van der Waals surface area contributed by atoms with Crippen molar-refractivity contribution in [1.82, 2.24) is 0 Å². The van der Waals surface area contributed by atoms with Crippen molar-refractivity contribution < 1.29 is 29.5 Å². The van der Waals surface area contributed by atoms with Crippen molar-refractivity contribution in [3.63, 3.8) is 0 Å². The highest BCUT2D eigenvalue weighted by Crippen LogP contribution is 2.49. The quantitative estimate of drug-likeness (QED) is 0.136. The summed E-state index contributed by atoms with van der Waals surface area (Å²) in [7, 11) is 0. The van der Waals surface area contributed by atoms with Crippen molar-refractivity contribution in [2.45, 2.75) is 6.42 Å². The second kappa shape index (κ2) is 11.9. The topological polar surface area (TPSA) is 262 Å². The molecule has 0 unspecified atom stereocenters. The van der Waals surface area contributed by atoms with Gasteiger partial charge >= 0.3 is 11.4 Å². The Kier molecular flexibility index (Phi) is 8.13. The summed E-state index contributed by atoms with van der Waals surface area (Å²) in [5.41, 5.74) is -7.09. The lowest BCUT2D eigenvalue weighted by atomic mass is 9.98. The number of hydrogen-bond donors (Lipinski definition) is 0. The van der Waals surface area contributed by atoms with Crippen LogP contribution in [0.25, 0.3) is 0 Å². The molecule has 0 fully saturated rings. The van der Waals surface area contributed by atoms with Gasteiger partial charge in [-0.1, -0.05) is 36.4 Å². The van der Waals surface area contributed by atoms with Gasteiger partial charge in [-0.05, 0) is 23.8 Å². The maximum Gasteiger partial charge on any atom is 0.307 e. The van der Waals surface area contributed by atoms with Crippen LogP contribution in [-0.2, 0) is 6.42 Å². The number of anilines is 3. The molecular formula is C25H15N7O12. The molecule has 44 heavy (non-hydrogen) atoms. The number of non-ortho nitro benzene ring substituents is 2. The second-order valence-electron chi connectivity index (χ2n) is 8.81. The SMILES string of the molecule is O=[N+]([O-])c1cc([N+](=O)[O-])c(Cc2ccccc2N(c2ccccc2)c2c([N+](=O)[O-])cc([N+](=O)[O-])cc2[N+](=O)[O-])c([N+](=O)[O-])c1. The van der Waals surface area contributed by atoms with Gasteiger partial charge in [0.2, 0.25) is 5.69 Å². The van der Waals surface area contributed by atoms with E-state index < -0.39 is 81.3 Å². The fraction of sp³-hybridized carbons (Fsp3) is 0.0400. The average Bonchev–Trinajstić information content (AvgIpc) is 2.97. The Balaban J connectivity index is 2.09. The zero-order valence-electron chi connectivity index (χ0n) is 21.7. The molecule has 19 nitrogen and oxygen atoms in total. The molecule has 4 aromatic rings. The first-order valence-electron chi connectivity index (χ1n) is 12.0. The van der Waals surface area contributed by atoms with Gasteiger partial charge in [-0.25, -0.2) is 0 Å². The van der Waals surface area contributed by atoms with Crippen LogP contribution in [0, 0.1) is 60.7 Å². The van der Waals surface area contributed by atoms with Crippen LogP contribution in [-0.4, -0.2) is 29.5 Å². The fourth-order valence-electron chi connectivity index (χ4n) is 4.48. The third-order valence-electron chi connectivity index (χ3n) is 6.29. The minimum absolute atomic E-state index is 0.0124. The zero-order valence-corrected chi connectivity index (χ0v) is 21.7. The van der Waals surface area contributed by atoms with Crippen molar-refractivity contribution in [3.8, 4) is 0 Å². The van der Waals surface area contributed by atoms with E-state index in [2.05, 4.69) is 0 Å². The van der Waals surface area contributed by atoms with Crippen LogP contribution in [0.5, 0.6) is 0 Å². The first-order chi connectivity index (χ1) is 20.8. The van der Waals surface area contributed by atoms with Gasteiger partial charge in [0.15, 0.2) is 0 Å². The minimum atomic E-state index is -1.06. The van der Waals surface area contributed by atoms with E-state index in [0.717, 1.165) is 4.90 Å². The molecule has 4 rings (SSSR count). The Morgan fingerprint density at radius 1 is 0.500 bits per heavy atom. The van der Waals surface area contributed by atoms with Gasteiger partial charge in [0.1, 0.15) is 5.56 Å². The molecule has 0 bridgehead atoms. The molecule has 0 N–H and O–H groups in total. The molecule has 0 saturated heterocycles. The molecule has 0 saturated carbocycles. The van der Waals surface area contributed by atoms with Gasteiger partial charge in [-0.3, -0.25) is 65.6 Å². The summed E-state index contributed by atoms with van der Waals surface area (Å²) >= 11 is 0. The molecule has 0 radical (unpaired) electrons. The smallest absolute Gasteiger partial charge is 0.299 e. The van der Waals surface area contributed by atoms with Crippen LogP contribution < -0.4 is 4.90 Å². The van der Waals surface area contributed by atoms with Crippen molar-refractivity contribution in [1.29, 1.82) is 0 Å². The third-order valence-corrected chi connectivity index (χ3v) is 6.29. The predicted molar refractivity (Wildman–Crippen MR) is 150 cm³/mol. The highest BCUT2D eigenvalue weighted by molar-refractivity contribution is 5.90. The Bertz CT molecular complexity index is 1810. The summed E-state index contributed by atoms with van der Waals surface area (Å²) in [4.78, 5) is 65.7. The first-order valence-corrected chi connectivity index (χ1v) is 12.0. The molecule has 0 amide bonds. The largest absolute Gasteiger partial charge is 0.307 e. The van der Waals surface area contributed by atoms with Crippen LogP contribution in [0.15, 0.2) is 78.9 Å². The van der Waals surface area contributed by atoms with Crippen molar-refractivity contribution in [2.75, 3.05) is 4.90 Å². The molecule has 222 valence electrons. The fourth-order valence-corrected chi connectivity index (χ4v) is 4.48. The number of hydrogen-bond acceptors (Lipinski definition) is 13. The molecule has 0 aliphatic carbocycles. The highest BCUT2D eigenvalue weighted by atomic mass is 16.6. The number of benzene rings is 4. The van der Waals surface area contributed by atoms with Gasteiger partial charge < -0.3 is 0 Å². The average molecular weight is 605 g/mol. The number of nitro groups is 6. The van der Waals surface area contributed by atoms with Crippen molar-refractivity contribution in [2.24, 2.45) is 0 Å². The highest BCUT2D eigenvalue weighted by Gasteiger charge is 2.37. The summed E-state index contributed by atoms with van der Waals surface area (Å²) < 4.78 is 0. The molecule has 0 heterocycles. The van der Waals surface area contributed by atoms with Crippen LogP contribution >= 0.6 is 0 Å². The third kappa shape index (κ3) is 5.76. The second-order valence-corrected chi connectivity index (χ2v) is 8.81. The van der Waals surface area contributed by atoms with Crippen LogP contribution in [0.2, 0.25) is 0 Å². The Morgan fingerprint density at radius 3 is 1.34 bits per heavy atom. The van der Waals surface area contributed by atoms with Crippen LogP contribution in [0.1, 0.15) is 11.1 Å². The van der Waals surface area contributed by atoms with Gasteiger partial charge in [0.25, 0.3) is 22.7 Å². The van der Waals surface area contributed by atoms with Gasteiger partial charge in [-0.15, -0.1) is 0 Å².